The summed E-state index contributed by atoms with van der Waals surface area (Å²) >= 11 is 3.03. The topological polar surface area (TPSA) is 61.4 Å². The van der Waals surface area contributed by atoms with E-state index in [1.807, 2.05) is 23.6 Å². The summed E-state index contributed by atoms with van der Waals surface area (Å²) in [6.45, 7) is -0.0771. The molecule has 3 aromatic rings. The molecule has 0 unspecified atom stereocenters. The molecule has 0 aliphatic rings. The van der Waals surface area contributed by atoms with Crippen molar-refractivity contribution in [3.63, 3.8) is 0 Å². The number of hydrogen-bond donors (Lipinski definition) is 3. The molecule has 0 saturated carbocycles. The molecule has 0 aliphatic carbocycles. The van der Waals surface area contributed by atoms with Crippen molar-refractivity contribution in [3.8, 4) is 9.75 Å². The molecule has 25 heavy (non-hydrogen) atoms. The van der Waals surface area contributed by atoms with E-state index < -0.39 is 29.5 Å². The molecule has 130 valence electrons. The van der Waals surface area contributed by atoms with Gasteiger partial charge in [0.1, 0.15) is 23.4 Å². The van der Waals surface area contributed by atoms with Gasteiger partial charge < -0.3 is 15.7 Å². The van der Waals surface area contributed by atoms with Crippen LogP contribution in [0, 0.1) is 11.6 Å². The fourth-order valence-electron chi connectivity index (χ4n) is 2.15. The molecule has 2 amide bonds. The number of hydrogen-bond acceptors (Lipinski definition) is 4. The van der Waals surface area contributed by atoms with Gasteiger partial charge >= 0.3 is 6.03 Å². The molecular formula is C17H14F2N2O2S2. The molecule has 3 N–H and O–H groups in total. The maximum absolute atomic E-state index is 13.5. The molecule has 3 rings (SSSR count). The van der Waals surface area contributed by atoms with Gasteiger partial charge in [-0.1, -0.05) is 12.1 Å². The van der Waals surface area contributed by atoms with Crippen LogP contribution in [0.5, 0.6) is 0 Å². The number of aliphatic hydroxyl groups excluding tert-OH is 1. The van der Waals surface area contributed by atoms with Crippen LogP contribution in [0.3, 0.4) is 0 Å². The van der Waals surface area contributed by atoms with E-state index in [0.29, 0.717) is 4.88 Å². The molecule has 4 nitrogen and oxygen atoms in total. The van der Waals surface area contributed by atoms with Crippen molar-refractivity contribution in [2.75, 3.05) is 11.9 Å². The Kier molecular flexibility index (Phi) is 5.42. The van der Waals surface area contributed by atoms with Crippen LogP contribution >= 0.6 is 22.7 Å². The predicted octanol–water partition coefficient (Wildman–Crippen LogP) is 4.61. The van der Waals surface area contributed by atoms with E-state index in [4.69, 9.17) is 0 Å². The smallest absolute Gasteiger partial charge is 0.319 e. The number of para-hydroxylation sites is 1. The Balaban J connectivity index is 1.57. The Hall–Kier alpha value is -2.29. The normalized spacial score (nSPS) is 12.0. The Morgan fingerprint density at radius 2 is 1.84 bits per heavy atom. The molecule has 1 atom stereocenters. The molecule has 2 heterocycles. The predicted molar refractivity (Wildman–Crippen MR) is 96.0 cm³/mol. The van der Waals surface area contributed by atoms with Gasteiger partial charge in [0.25, 0.3) is 0 Å². The molecule has 2 aromatic heterocycles. The van der Waals surface area contributed by atoms with Gasteiger partial charge in [0, 0.05) is 14.6 Å². The van der Waals surface area contributed by atoms with E-state index in [-0.39, 0.29) is 6.54 Å². The number of urea groups is 1. The second kappa shape index (κ2) is 7.73. The third-order valence-corrected chi connectivity index (χ3v) is 5.63. The number of anilines is 1. The summed E-state index contributed by atoms with van der Waals surface area (Å²) in [6, 6.07) is 10.1. The number of rotatable bonds is 5. The zero-order valence-electron chi connectivity index (χ0n) is 12.8. The van der Waals surface area contributed by atoms with E-state index in [0.717, 1.165) is 21.9 Å². The number of carbonyl (C=O) groups is 1. The van der Waals surface area contributed by atoms with Crippen molar-refractivity contribution in [1.82, 2.24) is 5.32 Å². The second-order valence-electron chi connectivity index (χ2n) is 5.13. The minimum absolute atomic E-state index is 0.0771. The third-order valence-electron chi connectivity index (χ3n) is 3.38. The molecule has 0 aliphatic heterocycles. The van der Waals surface area contributed by atoms with Crippen LogP contribution in [0.25, 0.3) is 9.75 Å². The zero-order chi connectivity index (χ0) is 17.8. The molecule has 8 heteroatoms. The Morgan fingerprint density at radius 3 is 2.52 bits per heavy atom. The van der Waals surface area contributed by atoms with Crippen LogP contribution < -0.4 is 10.6 Å². The van der Waals surface area contributed by atoms with Gasteiger partial charge in [0.2, 0.25) is 0 Å². The fraction of sp³-hybridized carbons (Fsp3) is 0.118. The highest BCUT2D eigenvalue weighted by Gasteiger charge is 2.15. The highest BCUT2D eigenvalue weighted by molar-refractivity contribution is 7.21. The van der Waals surface area contributed by atoms with Crippen LogP contribution in [0.2, 0.25) is 0 Å². The van der Waals surface area contributed by atoms with Crippen molar-refractivity contribution in [1.29, 1.82) is 0 Å². The number of aliphatic hydroxyl groups is 1. The second-order valence-corrected chi connectivity index (χ2v) is 7.19. The minimum atomic E-state index is -0.907. The molecule has 0 spiro atoms. The van der Waals surface area contributed by atoms with E-state index >= 15 is 0 Å². The summed E-state index contributed by atoms with van der Waals surface area (Å²) in [7, 11) is 0. The summed E-state index contributed by atoms with van der Waals surface area (Å²) in [6.07, 6.45) is -0.907. The summed E-state index contributed by atoms with van der Waals surface area (Å²) in [5.74, 6) is -1.73. The van der Waals surface area contributed by atoms with Crippen LogP contribution in [-0.4, -0.2) is 17.7 Å². The first-order valence-corrected chi connectivity index (χ1v) is 9.05. The van der Waals surface area contributed by atoms with E-state index in [1.165, 1.54) is 17.4 Å². The molecule has 1 aromatic carbocycles. The number of halogens is 2. The summed E-state index contributed by atoms with van der Waals surface area (Å²) in [5.41, 5.74) is -0.523. The summed E-state index contributed by atoms with van der Waals surface area (Å²) in [4.78, 5) is 14.6. The standard InChI is InChI=1S/C17H14F2N2O2S2/c18-10-3-1-4-11(19)16(10)21-17(23)20-9-12(22)13-6-7-15(25-13)14-5-2-8-24-14/h1-8,12,22H,9H2,(H2,20,21,23)/t12-/m0/s1. The lowest BCUT2D eigenvalue weighted by atomic mass is 10.3. The quantitative estimate of drug-likeness (QED) is 0.605. The monoisotopic (exact) mass is 380 g/mol. The maximum atomic E-state index is 13.5. The number of amides is 2. The van der Waals surface area contributed by atoms with Crippen molar-refractivity contribution in [2.24, 2.45) is 0 Å². The van der Waals surface area contributed by atoms with Crippen molar-refractivity contribution in [3.05, 3.63) is 64.4 Å². The average molecular weight is 380 g/mol. The first kappa shape index (κ1) is 17.5. The van der Waals surface area contributed by atoms with Gasteiger partial charge in [-0.2, -0.15) is 0 Å². The minimum Gasteiger partial charge on any atom is -0.386 e. The molecule has 0 saturated heterocycles. The van der Waals surface area contributed by atoms with E-state index in [2.05, 4.69) is 10.6 Å². The Bertz CT molecular complexity index is 845. The Morgan fingerprint density at radius 1 is 1.08 bits per heavy atom. The van der Waals surface area contributed by atoms with Crippen molar-refractivity contribution < 1.29 is 18.7 Å². The lowest BCUT2D eigenvalue weighted by Gasteiger charge is -2.12. The third kappa shape index (κ3) is 4.22. The fourth-order valence-corrected chi connectivity index (χ4v) is 3.98. The zero-order valence-corrected chi connectivity index (χ0v) is 14.5. The summed E-state index contributed by atoms with van der Waals surface area (Å²) < 4.78 is 27.0. The largest absolute Gasteiger partial charge is 0.386 e. The van der Waals surface area contributed by atoms with Gasteiger partial charge in [0.05, 0.1) is 6.54 Å². The van der Waals surface area contributed by atoms with E-state index in [9.17, 15) is 18.7 Å². The number of carbonyl (C=O) groups excluding carboxylic acids is 1. The average Bonchev–Trinajstić information content (AvgIpc) is 3.27. The molecular weight excluding hydrogens is 366 g/mol. The highest BCUT2D eigenvalue weighted by atomic mass is 32.1. The van der Waals surface area contributed by atoms with Crippen molar-refractivity contribution in [2.45, 2.75) is 6.10 Å². The van der Waals surface area contributed by atoms with Gasteiger partial charge in [-0.15, -0.1) is 22.7 Å². The van der Waals surface area contributed by atoms with Crippen LogP contribution in [-0.2, 0) is 0 Å². The lowest BCUT2D eigenvalue weighted by Crippen LogP contribution is -2.32. The van der Waals surface area contributed by atoms with E-state index in [1.54, 1.807) is 17.4 Å². The first-order chi connectivity index (χ1) is 12.0. The number of benzene rings is 1. The molecule has 0 fully saturated rings. The Labute approximate surface area is 150 Å². The molecule has 0 bridgehead atoms. The lowest BCUT2D eigenvalue weighted by molar-refractivity contribution is 0.178. The van der Waals surface area contributed by atoms with Crippen LogP contribution in [0.1, 0.15) is 11.0 Å². The summed E-state index contributed by atoms with van der Waals surface area (Å²) in [5, 5.41) is 16.7. The van der Waals surface area contributed by atoms with Crippen LogP contribution in [0.15, 0.2) is 47.8 Å². The first-order valence-electron chi connectivity index (χ1n) is 7.35. The maximum Gasteiger partial charge on any atom is 0.319 e. The van der Waals surface area contributed by atoms with Gasteiger partial charge in [0.15, 0.2) is 0 Å². The molecule has 0 radical (unpaired) electrons. The van der Waals surface area contributed by atoms with Crippen molar-refractivity contribution >= 4 is 34.4 Å². The SMILES string of the molecule is O=C(NC[C@H](O)c1ccc(-c2cccs2)s1)Nc1c(F)cccc1F. The van der Waals surface area contributed by atoms with Crippen LogP contribution in [0.4, 0.5) is 19.3 Å². The van der Waals surface area contributed by atoms with Gasteiger partial charge in [-0.05, 0) is 35.7 Å². The number of nitrogens with one attached hydrogen (secondary N) is 2. The number of thiophene rings is 2. The van der Waals surface area contributed by atoms with Gasteiger partial charge in [-0.25, -0.2) is 13.6 Å². The highest BCUT2D eigenvalue weighted by Crippen LogP contribution is 2.33. The van der Waals surface area contributed by atoms with Gasteiger partial charge in [-0.3, -0.25) is 0 Å².